The molecule has 3 atom stereocenters. The number of nitriles is 1. The van der Waals surface area contributed by atoms with Gasteiger partial charge in [-0.1, -0.05) is 41.0 Å². The third-order valence-corrected chi connectivity index (χ3v) is 5.12. The molecule has 1 rings (SSSR count). The van der Waals surface area contributed by atoms with Crippen molar-refractivity contribution in [3.63, 3.8) is 0 Å². The maximum absolute atomic E-state index is 9.55. The number of hydrogen-bond donors (Lipinski definition) is 0. The van der Waals surface area contributed by atoms with Crippen LogP contribution in [0.3, 0.4) is 0 Å². The molecule has 1 aliphatic carbocycles. The van der Waals surface area contributed by atoms with Crippen LogP contribution in [0, 0.1) is 35.0 Å². The minimum atomic E-state index is 0.257. The fourth-order valence-electron chi connectivity index (χ4n) is 3.45. The van der Waals surface area contributed by atoms with Crippen molar-refractivity contribution in [2.24, 2.45) is 23.7 Å². The Bertz CT molecular complexity index is 304. The van der Waals surface area contributed by atoms with Crippen molar-refractivity contribution >= 4 is 0 Å². The third kappa shape index (κ3) is 6.39. The highest BCUT2D eigenvalue weighted by Crippen LogP contribution is 2.34. The molecule has 0 aromatic rings. The van der Waals surface area contributed by atoms with Crippen LogP contribution in [0.15, 0.2) is 0 Å². The van der Waals surface area contributed by atoms with Crippen molar-refractivity contribution in [1.29, 1.82) is 5.26 Å². The van der Waals surface area contributed by atoms with Crippen molar-refractivity contribution in [2.75, 3.05) is 13.1 Å². The molecule has 2 heteroatoms. The average molecular weight is 293 g/mol. The van der Waals surface area contributed by atoms with Crippen LogP contribution in [0.4, 0.5) is 0 Å². The average Bonchev–Trinajstić information content (AvgIpc) is 2.46. The van der Waals surface area contributed by atoms with Crippen LogP contribution >= 0.6 is 0 Å². The van der Waals surface area contributed by atoms with Gasteiger partial charge in [0.15, 0.2) is 0 Å². The quantitative estimate of drug-likeness (QED) is 0.622. The molecule has 0 spiro atoms. The molecule has 1 saturated carbocycles. The molecule has 0 aromatic heterocycles. The monoisotopic (exact) mass is 292 g/mol. The highest BCUT2D eigenvalue weighted by molar-refractivity contribution is 4.97. The fourth-order valence-corrected chi connectivity index (χ4v) is 3.45. The maximum atomic E-state index is 9.55. The Labute approximate surface area is 132 Å². The van der Waals surface area contributed by atoms with Gasteiger partial charge < -0.3 is 0 Å². The van der Waals surface area contributed by atoms with E-state index in [1.807, 2.05) is 0 Å². The van der Waals surface area contributed by atoms with Gasteiger partial charge in [-0.2, -0.15) is 5.26 Å². The van der Waals surface area contributed by atoms with Gasteiger partial charge in [0.25, 0.3) is 0 Å². The summed E-state index contributed by atoms with van der Waals surface area (Å²) in [4.78, 5) is 2.66. The molecule has 2 nitrogen and oxygen atoms in total. The molecule has 1 aliphatic rings. The molecule has 21 heavy (non-hydrogen) atoms. The summed E-state index contributed by atoms with van der Waals surface area (Å²) in [5.41, 5.74) is 0. The number of nitrogens with zero attached hydrogens (tertiary/aromatic N) is 2. The summed E-state index contributed by atoms with van der Waals surface area (Å²) >= 11 is 0. The molecular weight excluding hydrogens is 256 g/mol. The summed E-state index contributed by atoms with van der Waals surface area (Å²) in [5, 5.41) is 9.55. The van der Waals surface area contributed by atoms with Gasteiger partial charge in [0.2, 0.25) is 0 Å². The topological polar surface area (TPSA) is 27.0 Å². The maximum Gasteiger partial charge on any atom is 0.0672 e. The molecule has 0 saturated heterocycles. The predicted molar refractivity (Wildman–Crippen MR) is 91.0 cm³/mol. The third-order valence-electron chi connectivity index (χ3n) is 5.12. The molecule has 0 heterocycles. The van der Waals surface area contributed by atoms with E-state index in [2.05, 4.69) is 45.6 Å². The summed E-state index contributed by atoms with van der Waals surface area (Å²) in [7, 11) is 0. The Hall–Kier alpha value is -0.550. The van der Waals surface area contributed by atoms with E-state index < -0.39 is 0 Å². The van der Waals surface area contributed by atoms with E-state index in [1.165, 1.54) is 45.2 Å². The molecule has 1 fully saturated rings. The van der Waals surface area contributed by atoms with Gasteiger partial charge in [-0.05, 0) is 62.9 Å². The summed E-state index contributed by atoms with van der Waals surface area (Å²) in [6.45, 7) is 13.9. The second-order valence-corrected chi connectivity index (χ2v) is 7.79. The molecule has 0 aromatic carbocycles. The summed E-state index contributed by atoms with van der Waals surface area (Å²) < 4.78 is 0. The van der Waals surface area contributed by atoms with E-state index in [9.17, 15) is 5.26 Å². The predicted octanol–water partition coefficient (Wildman–Crippen LogP) is 5.10. The molecule has 0 bridgehead atoms. The van der Waals surface area contributed by atoms with E-state index in [0.29, 0.717) is 6.04 Å². The van der Waals surface area contributed by atoms with Crippen molar-refractivity contribution in [3.8, 4) is 6.07 Å². The molecule has 3 unspecified atom stereocenters. The van der Waals surface area contributed by atoms with E-state index in [1.54, 1.807) is 0 Å². The minimum Gasteiger partial charge on any atom is -0.299 e. The van der Waals surface area contributed by atoms with Gasteiger partial charge in [-0.25, -0.2) is 0 Å². The highest BCUT2D eigenvalue weighted by Gasteiger charge is 2.33. The lowest BCUT2D eigenvalue weighted by Gasteiger charge is -2.41. The lowest BCUT2D eigenvalue weighted by Crippen LogP contribution is -2.45. The van der Waals surface area contributed by atoms with Crippen molar-refractivity contribution in [3.05, 3.63) is 0 Å². The lowest BCUT2D eigenvalue weighted by atomic mass is 9.77. The van der Waals surface area contributed by atoms with Crippen LogP contribution in [0.2, 0.25) is 0 Å². The zero-order chi connectivity index (χ0) is 15.8. The Morgan fingerprint density at radius 3 is 2.05 bits per heavy atom. The molecule has 0 amide bonds. The number of hydrogen-bond acceptors (Lipinski definition) is 2. The van der Waals surface area contributed by atoms with E-state index in [-0.39, 0.29) is 5.92 Å². The Morgan fingerprint density at radius 1 is 1.05 bits per heavy atom. The highest BCUT2D eigenvalue weighted by atomic mass is 15.2. The first-order chi connectivity index (χ1) is 9.97. The largest absolute Gasteiger partial charge is 0.299 e. The van der Waals surface area contributed by atoms with Gasteiger partial charge in [-0.15, -0.1) is 0 Å². The SMILES string of the molecule is CCC1CCC(C#N)C(N(CCC(C)C)CCC(C)C)C1. The van der Waals surface area contributed by atoms with Crippen LogP contribution < -0.4 is 0 Å². The molecule has 0 N–H and O–H groups in total. The second-order valence-electron chi connectivity index (χ2n) is 7.79. The molecule has 0 radical (unpaired) electrons. The smallest absolute Gasteiger partial charge is 0.0672 e. The van der Waals surface area contributed by atoms with E-state index in [4.69, 9.17) is 0 Å². The first kappa shape index (κ1) is 18.5. The Balaban J connectivity index is 2.73. The van der Waals surface area contributed by atoms with Gasteiger partial charge in [0, 0.05) is 6.04 Å². The van der Waals surface area contributed by atoms with Crippen LogP contribution in [0.25, 0.3) is 0 Å². The zero-order valence-electron chi connectivity index (χ0n) is 14.9. The minimum absolute atomic E-state index is 0.257. The van der Waals surface area contributed by atoms with E-state index in [0.717, 1.165) is 24.2 Å². The van der Waals surface area contributed by atoms with Crippen LogP contribution in [-0.2, 0) is 0 Å². The zero-order valence-corrected chi connectivity index (χ0v) is 14.9. The normalized spacial score (nSPS) is 26.5. The second kappa shape index (κ2) is 9.46. The Kier molecular flexibility index (Phi) is 8.34. The van der Waals surface area contributed by atoms with Gasteiger partial charge in [0.05, 0.1) is 12.0 Å². The lowest BCUT2D eigenvalue weighted by molar-refractivity contribution is 0.0903. The van der Waals surface area contributed by atoms with Crippen LogP contribution in [0.1, 0.15) is 73.1 Å². The first-order valence-electron chi connectivity index (χ1n) is 9.11. The van der Waals surface area contributed by atoms with Gasteiger partial charge >= 0.3 is 0 Å². The fraction of sp³-hybridized carbons (Fsp3) is 0.947. The standard InChI is InChI=1S/C19H36N2/c1-6-17-7-8-18(14-20)19(13-17)21(11-9-15(2)3)12-10-16(4)5/h15-19H,6-13H2,1-5H3. The first-order valence-corrected chi connectivity index (χ1v) is 9.11. The van der Waals surface area contributed by atoms with Gasteiger partial charge in [-0.3, -0.25) is 4.90 Å². The van der Waals surface area contributed by atoms with E-state index >= 15 is 0 Å². The summed E-state index contributed by atoms with van der Waals surface area (Å²) in [6.07, 6.45) is 7.39. The molecular formula is C19H36N2. The number of rotatable bonds is 8. The van der Waals surface area contributed by atoms with Crippen LogP contribution in [0.5, 0.6) is 0 Å². The van der Waals surface area contributed by atoms with Gasteiger partial charge in [0.1, 0.15) is 0 Å². The summed E-state index contributed by atoms with van der Waals surface area (Å²) in [6, 6.07) is 3.12. The van der Waals surface area contributed by atoms with Crippen molar-refractivity contribution in [1.82, 2.24) is 4.90 Å². The Morgan fingerprint density at radius 2 is 1.62 bits per heavy atom. The van der Waals surface area contributed by atoms with Crippen molar-refractivity contribution in [2.45, 2.75) is 79.2 Å². The van der Waals surface area contributed by atoms with Crippen LogP contribution in [-0.4, -0.2) is 24.0 Å². The molecule has 122 valence electrons. The van der Waals surface area contributed by atoms with Crippen molar-refractivity contribution < 1.29 is 0 Å². The molecule has 0 aliphatic heterocycles. The summed E-state index contributed by atoms with van der Waals surface area (Å²) in [5.74, 6) is 2.59.